The van der Waals surface area contributed by atoms with Crippen LogP contribution in [-0.2, 0) is 0 Å². The van der Waals surface area contributed by atoms with Crippen molar-refractivity contribution in [2.45, 2.75) is 6.43 Å². The summed E-state index contributed by atoms with van der Waals surface area (Å²) in [6.45, 7) is 0. The third-order valence-electron chi connectivity index (χ3n) is 1.80. The molecule has 1 aromatic heterocycles. The summed E-state index contributed by atoms with van der Waals surface area (Å²) in [6, 6.07) is 1.54. The molecule has 0 saturated carbocycles. The van der Waals surface area contributed by atoms with Gasteiger partial charge in [0.25, 0.3) is 11.7 Å². The third-order valence-corrected chi connectivity index (χ3v) is 1.98. The van der Waals surface area contributed by atoms with Gasteiger partial charge in [0.1, 0.15) is 6.07 Å². The van der Waals surface area contributed by atoms with E-state index >= 15 is 0 Å². The Bertz CT molecular complexity index is 471. The molecule has 16 heavy (non-hydrogen) atoms. The van der Waals surface area contributed by atoms with E-state index in [0.717, 1.165) is 13.3 Å². The standard InChI is InChI=1S/C9H5ClF2N2O2/c1-16-7-5(9(11)12)4(2-13)3-14-6(7)8(10)15/h3,9H,1H3. The van der Waals surface area contributed by atoms with Crippen LogP contribution in [0.1, 0.15) is 28.0 Å². The van der Waals surface area contributed by atoms with E-state index < -0.39 is 28.7 Å². The number of carbonyl (C=O) groups is 1. The van der Waals surface area contributed by atoms with Gasteiger partial charge in [0, 0.05) is 6.20 Å². The number of halogens is 3. The zero-order valence-electron chi connectivity index (χ0n) is 8.00. The van der Waals surface area contributed by atoms with Crippen molar-refractivity contribution in [2.75, 3.05) is 7.11 Å². The number of alkyl halides is 2. The second kappa shape index (κ2) is 4.86. The molecule has 0 aromatic carbocycles. The van der Waals surface area contributed by atoms with Crippen molar-refractivity contribution < 1.29 is 18.3 Å². The molecule has 0 fully saturated rings. The van der Waals surface area contributed by atoms with E-state index in [2.05, 4.69) is 9.72 Å². The Morgan fingerprint density at radius 1 is 1.69 bits per heavy atom. The van der Waals surface area contributed by atoms with Crippen LogP contribution in [0.3, 0.4) is 0 Å². The summed E-state index contributed by atoms with van der Waals surface area (Å²) in [5.41, 5.74) is -1.46. The number of methoxy groups -OCH3 is 1. The Morgan fingerprint density at radius 2 is 2.31 bits per heavy atom. The first-order valence-corrected chi connectivity index (χ1v) is 4.35. The maximum Gasteiger partial charge on any atom is 0.274 e. The fraction of sp³-hybridized carbons (Fsp3) is 0.222. The van der Waals surface area contributed by atoms with Crippen molar-refractivity contribution in [3.05, 3.63) is 23.0 Å². The normalized spacial score (nSPS) is 10.0. The number of nitriles is 1. The third kappa shape index (κ3) is 2.09. The molecule has 0 spiro atoms. The van der Waals surface area contributed by atoms with E-state index in [9.17, 15) is 13.6 Å². The molecule has 1 rings (SSSR count). The number of pyridine rings is 1. The van der Waals surface area contributed by atoms with Crippen LogP contribution >= 0.6 is 11.6 Å². The summed E-state index contributed by atoms with van der Waals surface area (Å²) < 4.78 is 30.0. The number of aromatic nitrogens is 1. The lowest BCUT2D eigenvalue weighted by atomic mass is 10.1. The highest BCUT2D eigenvalue weighted by Crippen LogP contribution is 2.34. The van der Waals surface area contributed by atoms with Crippen LogP contribution in [0.15, 0.2) is 6.20 Å². The number of rotatable bonds is 3. The van der Waals surface area contributed by atoms with Crippen LogP contribution in [0.4, 0.5) is 8.78 Å². The van der Waals surface area contributed by atoms with Gasteiger partial charge < -0.3 is 4.74 Å². The molecule has 84 valence electrons. The van der Waals surface area contributed by atoms with Gasteiger partial charge in [-0.2, -0.15) is 5.26 Å². The molecule has 7 heteroatoms. The quantitative estimate of drug-likeness (QED) is 0.768. The van der Waals surface area contributed by atoms with E-state index in [1.807, 2.05) is 0 Å². The first-order valence-electron chi connectivity index (χ1n) is 3.97. The van der Waals surface area contributed by atoms with Crippen molar-refractivity contribution in [2.24, 2.45) is 0 Å². The molecule has 0 aliphatic rings. The molecule has 0 bridgehead atoms. The van der Waals surface area contributed by atoms with Crippen LogP contribution in [-0.4, -0.2) is 17.3 Å². The van der Waals surface area contributed by atoms with Crippen molar-refractivity contribution in [1.82, 2.24) is 4.98 Å². The highest BCUT2D eigenvalue weighted by Gasteiger charge is 2.25. The fourth-order valence-corrected chi connectivity index (χ4v) is 1.29. The fourth-order valence-electron chi connectivity index (χ4n) is 1.16. The average Bonchev–Trinajstić information content (AvgIpc) is 2.26. The maximum absolute atomic E-state index is 12.7. The summed E-state index contributed by atoms with van der Waals surface area (Å²) in [6.07, 6.45) is -2.10. The Kier molecular flexibility index (Phi) is 3.74. The lowest BCUT2D eigenvalue weighted by molar-refractivity contribution is 0.107. The number of ether oxygens (including phenoxy) is 1. The first kappa shape index (κ1) is 12.3. The van der Waals surface area contributed by atoms with Crippen molar-refractivity contribution in [3.8, 4) is 11.8 Å². The van der Waals surface area contributed by atoms with Crippen molar-refractivity contribution >= 4 is 16.8 Å². The number of hydrogen-bond donors (Lipinski definition) is 0. The zero-order valence-corrected chi connectivity index (χ0v) is 8.76. The summed E-state index contributed by atoms with van der Waals surface area (Å²) in [4.78, 5) is 14.4. The highest BCUT2D eigenvalue weighted by atomic mass is 35.5. The van der Waals surface area contributed by atoms with Gasteiger partial charge in [-0.3, -0.25) is 4.79 Å². The second-order valence-corrected chi connectivity index (χ2v) is 3.00. The van der Waals surface area contributed by atoms with Gasteiger partial charge >= 0.3 is 0 Å². The largest absolute Gasteiger partial charge is 0.494 e. The number of nitrogens with zero attached hydrogens (tertiary/aromatic N) is 2. The molecule has 0 unspecified atom stereocenters. The van der Waals surface area contributed by atoms with E-state index in [1.54, 1.807) is 6.07 Å². The van der Waals surface area contributed by atoms with Crippen molar-refractivity contribution in [3.63, 3.8) is 0 Å². The van der Waals surface area contributed by atoms with Gasteiger partial charge in [-0.1, -0.05) is 0 Å². The average molecular weight is 247 g/mol. The van der Waals surface area contributed by atoms with E-state index in [1.165, 1.54) is 0 Å². The topological polar surface area (TPSA) is 63.0 Å². The molecule has 0 aliphatic carbocycles. The van der Waals surface area contributed by atoms with Crippen LogP contribution in [0.25, 0.3) is 0 Å². The Balaban J connectivity index is 3.57. The Hall–Kier alpha value is -1.74. The van der Waals surface area contributed by atoms with Gasteiger partial charge in [-0.15, -0.1) is 0 Å². The predicted molar refractivity (Wildman–Crippen MR) is 50.6 cm³/mol. The molecule has 0 aliphatic heterocycles. The van der Waals surface area contributed by atoms with Crippen molar-refractivity contribution in [1.29, 1.82) is 5.26 Å². The molecule has 4 nitrogen and oxygen atoms in total. The SMILES string of the molecule is COc1c(C(=O)Cl)ncc(C#N)c1C(F)F. The van der Waals surface area contributed by atoms with E-state index in [-0.39, 0.29) is 5.56 Å². The Morgan fingerprint density at radius 3 is 2.69 bits per heavy atom. The van der Waals surface area contributed by atoms with E-state index in [4.69, 9.17) is 16.9 Å². The molecular weight excluding hydrogens is 242 g/mol. The Labute approximate surface area is 94.4 Å². The molecule has 0 N–H and O–H groups in total. The number of hydrogen-bond acceptors (Lipinski definition) is 4. The smallest absolute Gasteiger partial charge is 0.274 e. The molecule has 1 heterocycles. The van der Waals surface area contributed by atoms with E-state index in [0.29, 0.717) is 0 Å². The molecular formula is C9H5ClF2N2O2. The summed E-state index contributed by atoms with van der Waals surface area (Å²) in [5, 5.41) is 7.60. The number of carbonyl (C=O) groups excluding carboxylic acids is 1. The van der Waals surface area contributed by atoms with Gasteiger partial charge in [-0.25, -0.2) is 13.8 Å². The van der Waals surface area contributed by atoms with Gasteiger partial charge in [0.15, 0.2) is 11.4 Å². The summed E-state index contributed by atoms with van der Waals surface area (Å²) in [5.74, 6) is -0.464. The maximum atomic E-state index is 12.7. The molecule has 0 amide bonds. The minimum atomic E-state index is -2.96. The van der Waals surface area contributed by atoms with Crippen LogP contribution < -0.4 is 4.74 Å². The van der Waals surface area contributed by atoms with Gasteiger partial charge in [0.2, 0.25) is 0 Å². The summed E-state index contributed by atoms with van der Waals surface area (Å²) >= 11 is 5.15. The van der Waals surface area contributed by atoms with Crippen LogP contribution in [0.5, 0.6) is 5.75 Å². The minimum Gasteiger partial charge on any atom is -0.494 e. The molecule has 0 atom stereocenters. The predicted octanol–water partition coefficient (Wildman–Crippen LogP) is 2.28. The van der Waals surface area contributed by atoms with Gasteiger partial charge in [-0.05, 0) is 11.6 Å². The lowest BCUT2D eigenvalue weighted by Gasteiger charge is -2.11. The molecule has 1 aromatic rings. The highest BCUT2D eigenvalue weighted by molar-refractivity contribution is 6.67. The zero-order chi connectivity index (χ0) is 12.3. The van der Waals surface area contributed by atoms with Crippen LogP contribution in [0, 0.1) is 11.3 Å². The summed E-state index contributed by atoms with van der Waals surface area (Å²) in [7, 11) is 1.09. The monoisotopic (exact) mass is 246 g/mol. The first-order chi connectivity index (χ1) is 7.52. The molecule has 0 radical (unpaired) electrons. The van der Waals surface area contributed by atoms with Crippen LogP contribution in [0.2, 0.25) is 0 Å². The second-order valence-electron chi connectivity index (χ2n) is 2.65. The lowest BCUT2D eigenvalue weighted by Crippen LogP contribution is -2.05. The van der Waals surface area contributed by atoms with Gasteiger partial charge in [0.05, 0.1) is 18.2 Å². The molecule has 0 saturated heterocycles. The minimum absolute atomic E-state index is 0.353.